The summed E-state index contributed by atoms with van der Waals surface area (Å²) in [4.78, 5) is 13.9. The molecular formula is C23H22F2N6. The number of fused-ring (bicyclic) bond motifs is 1. The molecule has 8 heteroatoms. The summed E-state index contributed by atoms with van der Waals surface area (Å²) in [6.07, 6.45) is 2.23. The van der Waals surface area contributed by atoms with Gasteiger partial charge in [-0.1, -0.05) is 0 Å². The topological polar surface area (TPSA) is 68.1 Å². The summed E-state index contributed by atoms with van der Waals surface area (Å²) in [5.74, 6) is 0.754. The minimum absolute atomic E-state index is 0.378. The Hall–Kier alpha value is -3.31. The minimum Gasteiger partial charge on any atom is -0.364 e. The molecule has 5 rings (SSSR count). The lowest BCUT2D eigenvalue weighted by Gasteiger charge is -2.36. The van der Waals surface area contributed by atoms with Crippen LogP contribution < -0.4 is 10.2 Å². The predicted molar refractivity (Wildman–Crippen MR) is 115 cm³/mol. The second-order valence-corrected chi connectivity index (χ2v) is 8.13. The minimum atomic E-state index is -0.420. The van der Waals surface area contributed by atoms with Crippen molar-refractivity contribution in [3.8, 4) is 6.07 Å². The molecule has 2 fully saturated rings. The molecule has 1 saturated heterocycles. The molecule has 1 aliphatic carbocycles. The lowest BCUT2D eigenvalue weighted by atomic mass is 10.1. The fraction of sp³-hybridized carbons (Fsp3) is 0.348. The van der Waals surface area contributed by atoms with E-state index in [0.29, 0.717) is 55.4 Å². The summed E-state index contributed by atoms with van der Waals surface area (Å²) in [6, 6.07) is 11.5. The quantitative estimate of drug-likeness (QED) is 0.679. The van der Waals surface area contributed by atoms with Crippen LogP contribution in [0, 0.1) is 23.0 Å². The van der Waals surface area contributed by atoms with Crippen LogP contribution in [-0.2, 0) is 6.54 Å². The predicted octanol–water partition coefficient (Wildman–Crippen LogP) is 3.68. The van der Waals surface area contributed by atoms with E-state index in [0.717, 1.165) is 36.1 Å². The second-order valence-electron chi connectivity index (χ2n) is 8.13. The standard InChI is InChI=1S/C23H22F2N6/c24-17-2-5-19(25)16(12-17)14-30-7-9-31(10-8-30)23-22(27-18-3-4-18)28-21-11-15(13-26)1-6-20(21)29-23/h1-2,5-6,11-12,18H,3-4,7-10,14H2,(H,27,28). The summed E-state index contributed by atoms with van der Waals surface area (Å²) in [5.41, 5.74) is 2.39. The lowest BCUT2D eigenvalue weighted by Crippen LogP contribution is -2.46. The first-order valence-electron chi connectivity index (χ1n) is 10.5. The van der Waals surface area contributed by atoms with E-state index in [1.54, 1.807) is 12.1 Å². The average Bonchev–Trinajstić information content (AvgIpc) is 3.60. The Morgan fingerprint density at radius 1 is 1.00 bits per heavy atom. The Morgan fingerprint density at radius 2 is 1.81 bits per heavy atom. The number of aromatic nitrogens is 2. The van der Waals surface area contributed by atoms with E-state index < -0.39 is 5.82 Å². The Balaban J connectivity index is 1.35. The van der Waals surface area contributed by atoms with Gasteiger partial charge in [-0.15, -0.1) is 0 Å². The summed E-state index contributed by atoms with van der Waals surface area (Å²) in [5, 5.41) is 12.6. The molecule has 0 unspecified atom stereocenters. The zero-order valence-corrected chi connectivity index (χ0v) is 17.0. The molecule has 31 heavy (non-hydrogen) atoms. The Kier molecular flexibility index (Phi) is 5.12. The molecule has 0 spiro atoms. The molecule has 1 aliphatic heterocycles. The number of hydrogen-bond donors (Lipinski definition) is 1. The van der Waals surface area contributed by atoms with Crippen LogP contribution in [-0.4, -0.2) is 47.1 Å². The van der Waals surface area contributed by atoms with E-state index >= 15 is 0 Å². The highest BCUT2D eigenvalue weighted by molar-refractivity contribution is 5.82. The molecule has 3 aromatic rings. The van der Waals surface area contributed by atoms with Crippen molar-refractivity contribution in [2.75, 3.05) is 36.4 Å². The Morgan fingerprint density at radius 3 is 2.55 bits per heavy atom. The summed E-state index contributed by atoms with van der Waals surface area (Å²) in [7, 11) is 0. The smallest absolute Gasteiger partial charge is 0.172 e. The number of benzene rings is 2. The van der Waals surface area contributed by atoms with Crippen LogP contribution in [0.4, 0.5) is 20.4 Å². The van der Waals surface area contributed by atoms with Gasteiger partial charge in [0.2, 0.25) is 0 Å². The Bertz CT molecular complexity index is 1160. The van der Waals surface area contributed by atoms with Crippen molar-refractivity contribution >= 4 is 22.7 Å². The largest absolute Gasteiger partial charge is 0.364 e. The number of nitriles is 1. The van der Waals surface area contributed by atoms with Crippen LogP contribution >= 0.6 is 0 Å². The molecule has 1 aromatic heterocycles. The molecule has 1 N–H and O–H groups in total. The van der Waals surface area contributed by atoms with Crippen molar-refractivity contribution in [3.05, 3.63) is 59.2 Å². The van der Waals surface area contributed by atoms with Gasteiger partial charge in [0.1, 0.15) is 11.6 Å². The van der Waals surface area contributed by atoms with Gasteiger partial charge in [0, 0.05) is 44.3 Å². The van der Waals surface area contributed by atoms with Crippen molar-refractivity contribution in [2.24, 2.45) is 0 Å². The SMILES string of the molecule is N#Cc1ccc2nc(N3CCN(Cc4cc(F)ccc4F)CC3)c(NC3CC3)nc2c1. The summed E-state index contributed by atoms with van der Waals surface area (Å²) >= 11 is 0. The lowest BCUT2D eigenvalue weighted by molar-refractivity contribution is 0.246. The molecular weight excluding hydrogens is 398 g/mol. The number of anilines is 2. The van der Waals surface area contributed by atoms with Gasteiger partial charge in [-0.25, -0.2) is 18.7 Å². The molecule has 1 saturated carbocycles. The number of nitrogens with one attached hydrogen (secondary N) is 1. The highest BCUT2D eigenvalue weighted by Crippen LogP contribution is 2.31. The van der Waals surface area contributed by atoms with Crippen molar-refractivity contribution in [1.82, 2.24) is 14.9 Å². The van der Waals surface area contributed by atoms with Gasteiger partial charge >= 0.3 is 0 Å². The first-order chi connectivity index (χ1) is 15.1. The van der Waals surface area contributed by atoms with Crippen molar-refractivity contribution in [2.45, 2.75) is 25.4 Å². The second kappa shape index (κ2) is 8.08. The molecule has 2 heterocycles. The van der Waals surface area contributed by atoms with E-state index in [1.165, 1.54) is 12.1 Å². The van der Waals surface area contributed by atoms with Crippen molar-refractivity contribution in [1.29, 1.82) is 5.26 Å². The van der Waals surface area contributed by atoms with Crippen LogP contribution in [0.2, 0.25) is 0 Å². The number of rotatable bonds is 5. The summed E-state index contributed by atoms with van der Waals surface area (Å²) < 4.78 is 27.5. The fourth-order valence-electron chi connectivity index (χ4n) is 3.88. The number of halogens is 2. The Labute approximate surface area is 179 Å². The van der Waals surface area contributed by atoms with Gasteiger partial charge in [0.05, 0.1) is 22.7 Å². The molecule has 0 amide bonds. The van der Waals surface area contributed by atoms with Crippen LogP contribution in [0.15, 0.2) is 36.4 Å². The van der Waals surface area contributed by atoms with Gasteiger partial charge < -0.3 is 10.2 Å². The van der Waals surface area contributed by atoms with Gasteiger partial charge in [-0.3, -0.25) is 4.90 Å². The zero-order chi connectivity index (χ0) is 21.4. The van der Waals surface area contributed by atoms with Crippen LogP contribution in [0.25, 0.3) is 11.0 Å². The van der Waals surface area contributed by atoms with Crippen LogP contribution in [0.3, 0.4) is 0 Å². The van der Waals surface area contributed by atoms with Gasteiger partial charge in [0.25, 0.3) is 0 Å². The number of hydrogen-bond acceptors (Lipinski definition) is 6. The maximum atomic E-state index is 14.0. The molecule has 2 aliphatic rings. The van der Waals surface area contributed by atoms with E-state index in [1.807, 2.05) is 6.07 Å². The molecule has 0 atom stereocenters. The molecule has 158 valence electrons. The zero-order valence-electron chi connectivity index (χ0n) is 17.0. The monoisotopic (exact) mass is 420 g/mol. The van der Waals surface area contributed by atoms with E-state index in [9.17, 15) is 14.0 Å². The average molecular weight is 420 g/mol. The van der Waals surface area contributed by atoms with E-state index in [4.69, 9.17) is 9.97 Å². The fourth-order valence-corrected chi connectivity index (χ4v) is 3.88. The van der Waals surface area contributed by atoms with E-state index in [2.05, 4.69) is 21.2 Å². The normalized spacial score (nSPS) is 17.0. The maximum Gasteiger partial charge on any atom is 0.172 e. The molecule has 0 radical (unpaired) electrons. The maximum absolute atomic E-state index is 14.0. The highest BCUT2D eigenvalue weighted by atomic mass is 19.1. The third-order valence-electron chi connectivity index (χ3n) is 5.77. The first kappa shape index (κ1) is 19.6. The number of piperazine rings is 1. The van der Waals surface area contributed by atoms with Crippen molar-refractivity contribution in [3.63, 3.8) is 0 Å². The molecule has 0 bridgehead atoms. The first-order valence-corrected chi connectivity index (χ1v) is 10.5. The van der Waals surface area contributed by atoms with Crippen LogP contribution in [0.1, 0.15) is 24.0 Å². The molecule has 2 aromatic carbocycles. The van der Waals surface area contributed by atoms with Gasteiger partial charge in [0.15, 0.2) is 11.6 Å². The van der Waals surface area contributed by atoms with Crippen LogP contribution in [0.5, 0.6) is 0 Å². The third-order valence-corrected chi connectivity index (χ3v) is 5.77. The van der Waals surface area contributed by atoms with E-state index in [-0.39, 0.29) is 5.82 Å². The molecule has 6 nitrogen and oxygen atoms in total. The van der Waals surface area contributed by atoms with Gasteiger partial charge in [-0.2, -0.15) is 5.26 Å². The highest BCUT2D eigenvalue weighted by Gasteiger charge is 2.27. The van der Waals surface area contributed by atoms with Crippen molar-refractivity contribution < 1.29 is 8.78 Å². The van der Waals surface area contributed by atoms with Gasteiger partial charge in [-0.05, 0) is 49.2 Å². The number of nitrogens with zero attached hydrogens (tertiary/aromatic N) is 5. The third kappa shape index (κ3) is 4.28. The summed E-state index contributed by atoms with van der Waals surface area (Å²) in [6.45, 7) is 3.24.